The summed E-state index contributed by atoms with van der Waals surface area (Å²) < 4.78 is 3.78. The molecule has 0 N–H and O–H groups in total. The number of fused-ring (bicyclic) bond motifs is 1. The summed E-state index contributed by atoms with van der Waals surface area (Å²) in [6.07, 6.45) is 0. The number of benzene rings is 5. The molecule has 0 spiro atoms. The predicted molar refractivity (Wildman–Crippen MR) is 149 cm³/mol. The maximum atomic E-state index is 2.47. The summed E-state index contributed by atoms with van der Waals surface area (Å²) in [5.41, 5.74) is 10.0. The third-order valence-electron chi connectivity index (χ3n) is 6.55. The van der Waals surface area contributed by atoms with Crippen LogP contribution in [0.4, 0.5) is 0 Å². The molecule has 6 rings (SSSR count). The van der Waals surface area contributed by atoms with E-state index >= 15 is 0 Å². The molecular weight excluding hydrogens is 442 g/mol. The molecule has 0 radical (unpaired) electrons. The highest BCUT2D eigenvalue weighted by Gasteiger charge is 2.27. The van der Waals surface area contributed by atoms with Gasteiger partial charge in [0, 0.05) is 6.07 Å². The molecule has 1 heterocycles. The Labute approximate surface area is 210 Å². The van der Waals surface area contributed by atoms with Crippen molar-refractivity contribution < 1.29 is 4.57 Å². The zero-order valence-electron chi connectivity index (χ0n) is 19.7. The third kappa shape index (κ3) is 3.96. The Morgan fingerprint density at radius 1 is 0.543 bits per heavy atom. The maximum absolute atomic E-state index is 2.47. The first-order valence-electron chi connectivity index (χ1n) is 12.1. The quantitative estimate of drug-likeness (QED) is 0.222. The predicted octanol–water partition coefficient (Wildman–Crippen LogP) is 8.88. The first-order chi connectivity index (χ1) is 17.3. The van der Waals surface area contributed by atoms with E-state index in [2.05, 4.69) is 139 Å². The van der Waals surface area contributed by atoms with E-state index in [0.717, 1.165) is 6.54 Å². The Hall–Kier alpha value is -4.01. The molecule has 0 bridgehead atoms. The van der Waals surface area contributed by atoms with Crippen molar-refractivity contribution in [1.29, 1.82) is 0 Å². The lowest BCUT2D eigenvalue weighted by atomic mass is 9.88. The van der Waals surface area contributed by atoms with Crippen LogP contribution in [0.3, 0.4) is 0 Å². The normalized spacial score (nSPS) is 11.1. The lowest BCUT2D eigenvalue weighted by Gasteiger charge is -2.16. The van der Waals surface area contributed by atoms with Crippen molar-refractivity contribution in [2.75, 3.05) is 0 Å². The van der Waals surface area contributed by atoms with Crippen LogP contribution in [0.25, 0.3) is 54.2 Å². The van der Waals surface area contributed by atoms with E-state index in [1.165, 1.54) is 54.2 Å². The van der Waals surface area contributed by atoms with E-state index in [-0.39, 0.29) is 0 Å². The maximum Gasteiger partial charge on any atom is 0.271 e. The Balaban J connectivity index is 1.75. The second-order valence-corrected chi connectivity index (χ2v) is 9.69. The monoisotopic (exact) mass is 468 g/mol. The number of para-hydroxylation sites is 1. The van der Waals surface area contributed by atoms with Crippen molar-refractivity contribution in [3.63, 3.8) is 0 Å². The zero-order valence-corrected chi connectivity index (χ0v) is 20.5. The Morgan fingerprint density at radius 3 is 1.57 bits per heavy atom. The average molecular weight is 469 g/mol. The molecule has 5 aromatic carbocycles. The molecule has 1 nitrogen and oxygen atoms in total. The minimum Gasteiger partial charge on any atom is -0.182 e. The van der Waals surface area contributed by atoms with Gasteiger partial charge in [0.2, 0.25) is 5.52 Å². The number of hydrogen-bond donors (Lipinski definition) is 0. The number of hydrogen-bond acceptors (Lipinski definition) is 1. The van der Waals surface area contributed by atoms with Crippen LogP contribution in [0.15, 0.2) is 127 Å². The Morgan fingerprint density at radius 2 is 1.03 bits per heavy atom. The minimum atomic E-state index is 0.919. The molecule has 0 unspecified atom stereocenters. The number of aromatic nitrogens is 1. The van der Waals surface area contributed by atoms with Crippen LogP contribution in [0, 0.1) is 0 Å². The standard InChI is InChI=1S/C33H26NS/c1-2-34-30-20-12-13-21-31(30)35-33(34)32-28(25-16-8-4-9-17-25)22-27(24-14-6-3-7-15-24)23-29(32)26-18-10-5-11-19-26/h3-23H,2H2,1H3/q+1. The molecule has 0 aliphatic carbocycles. The summed E-state index contributed by atoms with van der Waals surface area (Å²) >= 11 is 1.88. The highest BCUT2D eigenvalue weighted by molar-refractivity contribution is 7.21. The van der Waals surface area contributed by atoms with E-state index in [0.29, 0.717) is 0 Å². The Kier molecular flexibility index (Phi) is 5.73. The minimum absolute atomic E-state index is 0.919. The summed E-state index contributed by atoms with van der Waals surface area (Å²) in [5.74, 6) is 0. The van der Waals surface area contributed by atoms with Gasteiger partial charge in [-0.05, 0) is 58.5 Å². The topological polar surface area (TPSA) is 3.88 Å². The smallest absolute Gasteiger partial charge is 0.182 e. The molecule has 6 aromatic rings. The highest BCUT2D eigenvalue weighted by atomic mass is 32.1. The van der Waals surface area contributed by atoms with E-state index < -0.39 is 0 Å². The zero-order chi connectivity index (χ0) is 23.6. The van der Waals surface area contributed by atoms with Gasteiger partial charge in [0.05, 0.1) is 5.56 Å². The molecular formula is C33H26NS+. The molecule has 0 aliphatic heterocycles. The number of aryl methyl sites for hydroxylation is 1. The molecule has 0 atom stereocenters. The van der Waals surface area contributed by atoms with Crippen LogP contribution < -0.4 is 4.57 Å². The highest BCUT2D eigenvalue weighted by Crippen LogP contribution is 2.44. The molecule has 1 aromatic heterocycles. The van der Waals surface area contributed by atoms with E-state index in [1.807, 2.05) is 11.3 Å². The van der Waals surface area contributed by atoms with Gasteiger partial charge in [-0.25, -0.2) is 0 Å². The first-order valence-corrected chi connectivity index (χ1v) is 12.9. The molecule has 0 saturated heterocycles. The molecule has 35 heavy (non-hydrogen) atoms. The van der Waals surface area contributed by atoms with Crippen LogP contribution >= 0.6 is 11.3 Å². The number of rotatable bonds is 5. The van der Waals surface area contributed by atoms with Gasteiger partial charge >= 0.3 is 0 Å². The van der Waals surface area contributed by atoms with Gasteiger partial charge in [-0.2, -0.15) is 4.57 Å². The summed E-state index contributed by atoms with van der Waals surface area (Å²) in [5, 5.41) is 1.30. The van der Waals surface area contributed by atoms with Gasteiger partial charge in [-0.1, -0.05) is 114 Å². The van der Waals surface area contributed by atoms with Crippen LogP contribution in [0.2, 0.25) is 0 Å². The molecule has 0 amide bonds. The molecule has 0 aliphatic rings. The van der Waals surface area contributed by atoms with Gasteiger partial charge in [0.1, 0.15) is 11.2 Å². The summed E-state index contributed by atoms with van der Waals surface area (Å²) in [6.45, 7) is 3.16. The number of nitrogens with zero attached hydrogens (tertiary/aromatic N) is 1. The van der Waals surface area contributed by atoms with Gasteiger partial charge < -0.3 is 0 Å². The van der Waals surface area contributed by atoms with Crippen molar-refractivity contribution in [3.05, 3.63) is 127 Å². The van der Waals surface area contributed by atoms with Crippen molar-refractivity contribution in [3.8, 4) is 44.0 Å². The van der Waals surface area contributed by atoms with E-state index in [1.54, 1.807) is 0 Å². The van der Waals surface area contributed by atoms with Crippen LogP contribution in [-0.4, -0.2) is 0 Å². The average Bonchev–Trinajstić information content (AvgIpc) is 3.32. The lowest BCUT2D eigenvalue weighted by molar-refractivity contribution is -0.653. The summed E-state index contributed by atoms with van der Waals surface area (Å²) in [7, 11) is 0. The van der Waals surface area contributed by atoms with Crippen LogP contribution in [0.5, 0.6) is 0 Å². The van der Waals surface area contributed by atoms with Gasteiger partial charge in [-0.3, -0.25) is 0 Å². The fourth-order valence-corrected chi connectivity index (χ4v) is 6.19. The summed E-state index contributed by atoms with van der Waals surface area (Å²) in [6, 6.07) is 45.8. The number of thiazole rings is 1. The second kappa shape index (κ2) is 9.32. The van der Waals surface area contributed by atoms with Crippen molar-refractivity contribution in [1.82, 2.24) is 0 Å². The first kappa shape index (κ1) is 21.5. The van der Waals surface area contributed by atoms with Crippen molar-refractivity contribution in [2.24, 2.45) is 0 Å². The molecule has 0 fully saturated rings. The van der Waals surface area contributed by atoms with Crippen molar-refractivity contribution in [2.45, 2.75) is 13.5 Å². The SMILES string of the molecule is CC[n+]1c(-c2c(-c3ccccc3)cc(-c3ccccc3)cc2-c2ccccc2)sc2ccccc21. The van der Waals surface area contributed by atoms with E-state index in [4.69, 9.17) is 0 Å². The van der Waals surface area contributed by atoms with E-state index in [9.17, 15) is 0 Å². The van der Waals surface area contributed by atoms with Crippen LogP contribution in [0.1, 0.15) is 6.92 Å². The largest absolute Gasteiger partial charge is 0.271 e. The van der Waals surface area contributed by atoms with Crippen LogP contribution in [-0.2, 0) is 6.54 Å². The second-order valence-electron chi connectivity index (χ2n) is 8.66. The summed E-state index contributed by atoms with van der Waals surface area (Å²) in [4.78, 5) is 0. The fraction of sp³-hybridized carbons (Fsp3) is 0.0606. The van der Waals surface area contributed by atoms with Gasteiger partial charge in [-0.15, -0.1) is 0 Å². The Bertz CT molecular complexity index is 1540. The van der Waals surface area contributed by atoms with Crippen molar-refractivity contribution >= 4 is 21.6 Å². The molecule has 0 saturated carbocycles. The lowest BCUT2D eigenvalue weighted by Crippen LogP contribution is -2.33. The third-order valence-corrected chi connectivity index (χ3v) is 7.74. The van der Waals surface area contributed by atoms with Gasteiger partial charge in [0.25, 0.3) is 5.01 Å². The van der Waals surface area contributed by atoms with Gasteiger partial charge in [0.15, 0.2) is 0 Å². The molecule has 2 heteroatoms. The molecule has 168 valence electrons. The fourth-order valence-electron chi connectivity index (χ4n) is 4.90.